The lowest BCUT2D eigenvalue weighted by Gasteiger charge is -2.28. The van der Waals surface area contributed by atoms with E-state index in [-0.39, 0.29) is 30.6 Å². The molecule has 0 bridgehead atoms. The van der Waals surface area contributed by atoms with Crippen LogP contribution in [-0.2, 0) is 34.7 Å². The van der Waals surface area contributed by atoms with E-state index >= 15 is 0 Å². The number of hydrogen-bond donors (Lipinski definition) is 2. The van der Waals surface area contributed by atoms with Gasteiger partial charge in [-0.3, -0.25) is 4.57 Å². The summed E-state index contributed by atoms with van der Waals surface area (Å²) in [5, 5.41) is 0. The molecule has 0 heterocycles. The summed E-state index contributed by atoms with van der Waals surface area (Å²) in [6, 6.07) is 0. The molecule has 1 saturated carbocycles. The molecule has 6 atom stereocenters. The van der Waals surface area contributed by atoms with Gasteiger partial charge in [-0.05, 0) is 43.3 Å². The number of ether oxygens (including phenoxy) is 1. The van der Waals surface area contributed by atoms with E-state index in [0.29, 0.717) is 6.42 Å². The van der Waals surface area contributed by atoms with Crippen LogP contribution in [0.4, 0.5) is 0 Å². The normalized spacial score (nSPS) is 34.2. The first-order valence-electron chi connectivity index (χ1n) is 7.21. The lowest BCUT2D eigenvalue weighted by atomic mass is 9.83. The second-order valence-electron chi connectivity index (χ2n) is 5.46. The van der Waals surface area contributed by atoms with E-state index < -0.39 is 20.4 Å². The second kappa shape index (κ2) is 8.70. The first-order valence-corrected chi connectivity index (χ1v) is 11.6. The first-order chi connectivity index (χ1) is 10.2. The quantitative estimate of drug-likeness (QED) is 0.461. The Morgan fingerprint density at radius 3 is 2.45 bits per heavy atom. The molecule has 1 aliphatic carbocycles. The zero-order valence-electron chi connectivity index (χ0n) is 13.4. The van der Waals surface area contributed by atoms with Crippen LogP contribution >= 0.6 is 14.3 Å². The molecule has 0 aromatic heterocycles. The highest BCUT2D eigenvalue weighted by Gasteiger charge is 2.45. The smallest absolute Gasteiger partial charge is 0.327 e. The molecule has 0 aliphatic heterocycles. The third kappa shape index (κ3) is 5.97. The van der Waals surface area contributed by atoms with Gasteiger partial charge in [0.25, 0.3) is 0 Å². The Labute approximate surface area is 137 Å². The van der Waals surface area contributed by atoms with Crippen molar-refractivity contribution in [3.8, 4) is 0 Å². The van der Waals surface area contributed by atoms with Gasteiger partial charge in [0.15, 0.2) is 0 Å². The van der Waals surface area contributed by atoms with Crippen molar-refractivity contribution in [2.24, 2.45) is 5.92 Å². The van der Waals surface area contributed by atoms with Crippen molar-refractivity contribution in [2.75, 3.05) is 27.0 Å². The minimum absolute atomic E-state index is 0.0279. The van der Waals surface area contributed by atoms with Gasteiger partial charge in [0.05, 0.1) is 25.0 Å². The number of hydrogen-bond acceptors (Lipinski definition) is 6. The van der Waals surface area contributed by atoms with Gasteiger partial charge >= 0.3 is 14.3 Å². The standard InChI is InChI=1S/C11H25BO7P2S/c1-4-18-21(15,22)19-10-8(5-6-20(13,14)17-3)7-9(12)11(10)16-2/h8-11H,4-7,12H2,1-3H3,(H,13,14)(H,15,22)/t8-,9-,10+,11-,21?/m0/s1. The predicted molar refractivity (Wildman–Crippen MR) is 90.5 cm³/mol. The molecule has 2 unspecified atom stereocenters. The Hall–Kier alpha value is 0.705. The molecule has 0 aromatic rings. The molecule has 0 amide bonds. The Bertz CT molecular complexity index is 452. The third-order valence-electron chi connectivity index (χ3n) is 3.91. The number of rotatable bonds is 9. The van der Waals surface area contributed by atoms with Crippen LogP contribution in [0.1, 0.15) is 19.8 Å². The van der Waals surface area contributed by atoms with Gasteiger partial charge in [-0.1, -0.05) is 0 Å². The molecule has 1 aliphatic rings. The molecule has 0 spiro atoms. The summed E-state index contributed by atoms with van der Waals surface area (Å²) in [5.74, 6) is 0.141. The second-order valence-corrected chi connectivity index (χ2v) is 10.3. The summed E-state index contributed by atoms with van der Waals surface area (Å²) in [6.07, 6.45) is 0.520. The molecule has 1 rings (SSSR count). The maximum absolute atomic E-state index is 11.6. The Kier molecular flexibility index (Phi) is 8.20. The van der Waals surface area contributed by atoms with Crippen LogP contribution in [0.3, 0.4) is 0 Å². The first kappa shape index (κ1) is 20.7. The Morgan fingerprint density at radius 1 is 1.32 bits per heavy atom. The predicted octanol–water partition coefficient (Wildman–Crippen LogP) is 1.30. The molecule has 1 fully saturated rings. The minimum Gasteiger partial charge on any atom is -0.379 e. The van der Waals surface area contributed by atoms with Gasteiger partial charge in [-0.15, -0.1) is 0 Å². The van der Waals surface area contributed by atoms with Crippen molar-refractivity contribution in [3.05, 3.63) is 0 Å². The van der Waals surface area contributed by atoms with Crippen LogP contribution < -0.4 is 0 Å². The molecular formula is C11H25BO7P2S. The molecule has 2 N–H and O–H groups in total. The van der Waals surface area contributed by atoms with E-state index in [0.717, 1.165) is 6.42 Å². The lowest BCUT2D eigenvalue weighted by Crippen LogP contribution is -2.31. The summed E-state index contributed by atoms with van der Waals surface area (Å²) >= 11 is 4.99. The van der Waals surface area contributed by atoms with Gasteiger partial charge in [-0.2, -0.15) is 0 Å². The van der Waals surface area contributed by atoms with Crippen molar-refractivity contribution >= 4 is 34.0 Å². The highest BCUT2D eigenvalue weighted by atomic mass is 32.5. The van der Waals surface area contributed by atoms with Crippen LogP contribution in [0.2, 0.25) is 5.82 Å². The summed E-state index contributed by atoms with van der Waals surface area (Å²) in [4.78, 5) is 19.6. The van der Waals surface area contributed by atoms with Crippen LogP contribution in [0.25, 0.3) is 0 Å². The fourth-order valence-electron chi connectivity index (χ4n) is 2.90. The fraction of sp³-hybridized carbons (Fsp3) is 1.00. The highest BCUT2D eigenvalue weighted by Crippen LogP contribution is 2.52. The maximum Gasteiger partial charge on any atom is 0.327 e. The SMILES string of the molecule is B[C@H]1C[C@H](CCP(=O)(O)OC)[C@@H](OP(O)(=S)OCC)[C@H]1OC. The molecule has 22 heavy (non-hydrogen) atoms. The average Bonchev–Trinajstić information content (AvgIpc) is 2.71. The Morgan fingerprint density at radius 2 is 1.95 bits per heavy atom. The molecule has 7 nitrogen and oxygen atoms in total. The average molecular weight is 374 g/mol. The van der Waals surface area contributed by atoms with E-state index in [9.17, 15) is 14.4 Å². The fourth-order valence-corrected chi connectivity index (χ4v) is 5.34. The topological polar surface area (TPSA) is 94.5 Å². The van der Waals surface area contributed by atoms with E-state index in [4.69, 9.17) is 25.6 Å². The maximum atomic E-state index is 11.6. The van der Waals surface area contributed by atoms with Crippen LogP contribution in [0.5, 0.6) is 0 Å². The summed E-state index contributed by atoms with van der Waals surface area (Å²) in [5.41, 5.74) is 0. The Balaban J connectivity index is 2.81. The van der Waals surface area contributed by atoms with Crippen LogP contribution in [0.15, 0.2) is 0 Å². The molecule has 0 radical (unpaired) electrons. The minimum atomic E-state index is -3.57. The van der Waals surface area contributed by atoms with E-state index in [1.54, 1.807) is 14.0 Å². The zero-order valence-corrected chi connectivity index (χ0v) is 16.0. The summed E-state index contributed by atoms with van der Waals surface area (Å²) < 4.78 is 32.5. The zero-order chi connectivity index (χ0) is 17.0. The van der Waals surface area contributed by atoms with Gasteiger partial charge in [0.1, 0.15) is 7.85 Å². The molecule has 11 heteroatoms. The molecule has 0 aromatic carbocycles. The lowest BCUT2D eigenvalue weighted by molar-refractivity contribution is -0.00317. The van der Waals surface area contributed by atoms with E-state index in [2.05, 4.69) is 4.52 Å². The van der Waals surface area contributed by atoms with Gasteiger partial charge < -0.3 is 28.1 Å². The monoisotopic (exact) mass is 374 g/mol. The van der Waals surface area contributed by atoms with Gasteiger partial charge in [0.2, 0.25) is 0 Å². The van der Waals surface area contributed by atoms with Crippen molar-refractivity contribution in [2.45, 2.75) is 37.8 Å². The summed E-state index contributed by atoms with van der Waals surface area (Å²) in [6.45, 7) is -1.35. The van der Waals surface area contributed by atoms with Gasteiger partial charge in [0, 0.05) is 14.2 Å². The van der Waals surface area contributed by atoms with Crippen molar-refractivity contribution in [1.29, 1.82) is 0 Å². The van der Waals surface area contributed by atoms with Crippen molar-refractivity contribution < 1.29 is 32.7 Å². The van der Waals surface area contributed by atoms with Crippen molar-refractivity contribution in [1.82, 2.24) is 0 Å². The van der Waals surface area contributed by atoms with Gasteiger partial charge in [-0.25, -0.2) is 0 Å². The van der Waals surface area contributed by atoms with E-state index in [1.165, 1.54) is 7.11 Å². The van der Waals surface area contributed by atoms with Crippen molar-refractivity contribution in [3.63, 3.8) is 0 Å². The number of methoxy groups -OCH3 is 1. The molecule has 130 valence electrons. The molecule has 0 saturated heterocycles. The molecular weight excluding hydrogens is 349 g/mol. The largest absolute Gasteiger partial charge is 0.379 e. The van der Waals surface area contributed by atoms with Crippen LogP contribution in [0, 0.1) is 5.92 Å². The van der Waals surface area contributed by atoms with Crippen LogP contribution in [-0.4, -0.2) is 56.8 Å². The third-order valence-corrected chi connectivity index (χ3v) is 6.97. The highest BCUT2D eigenvalue weighted by molar-refractivity contribution is 8.07. The summed E-state index contributed by atoms with van der Waals surface area (Å²) in [7, 11) is 1.24. The van der Waals surface area contributed by atoms with E-state index in [1.807, 2.05) is 7.85 Å².